The highest BCUT2D eigenvalue weighted by Crippen LogP contribution is 2.49. The predicted octanol–water partition coefficient (Wildman–Crippen LogP) is 4.07. The number of hydrogen-bond acceptors (Lipinski definition) is 6. The molecule has 6 nitrogen and oxygen atoms in total. The van der Waals surface area contributed by atoms with E-state index in [0.717, 1.165) is 44.7 Å². The summed E-state index contributed by atoms with van der Waals surface area (Å²) < 4.78 is 6.32. The van der Waals surface area contributed by atoms with E-state index in [0.29, 0.717) is 30.7 Å². The van der Waals surface area contributed by atoms with Crippen LogP contribution in [0.5, 0.6) is 6.01 Å². The second-order valence-corrected chi connectivity index (χ2v) is 12.2. The average molecular weight is 496 g/mol. The van der Waals surface area contributed by atoms with Gasteiger partial charge in [0.1, 0.15) is 12.4 Å². The van der Waals surface area contributed by atoms with Crippen LogP contribution in [0.2, 0.25) is 0 Å². The first kappa shape index (κ1) is 22.3. The highest BCUT2D eigenvalue weighted by atomic mass is 16.5. The van der Waals surface area contributed by atoms with Gasteiger partial charge in [-0.1, -0.05) is 36.4 Å². The average Bonchev–Trinajstić information content (AvgIpc) is 3.58. The van der Waals surface area contributed by atoms with Gasteiger partial charge in [0.2, 0.25) is 0 Å². The fraction of sp³-hybridized carbons (Fsp3) is 0.548. The molecule has 1 spiro atoms. The Balaban J connectivity index is 1.19. The lowest BCUT2D eigenvalue weighted by atomic mass is 9.62. The molecule has 4 atom stereocenters. The Bertz CT molecular complexity index is 1330. The van der Waals surface area contributed by atoms with Crippen molar-refractivity contribution in [1.82, 2.24) is 20.6 Å². The molecule has 37 heavy (non-hydrogen) atoms. The molecule has 0 radical (unpaired) electrons. The molecule has 8 rings (SSSR count). The molecule has 1 aromatic heterocycles. The molecule has 1 unspecified atom stereocenters. The molecule has 3 fully saturated rings. The molecule has 5 aliphatic rings. The van der Waals surface area contributed by atoms with Crippen molar-refractivity contribution < 1.29 is 4.74 Å². The van der Waals surface area contributed by atoms with Gasteiger partial charge in [-0.3, -0.25) is 0 Å². The van der Waals surface area contributed by atoms with Crippen LogP contribution in [0.25, 0.3) is 10.8 Å². The summed E-state index contributed by atoms with van der Waals surface area (Å²) in [6.07, 6.45) is 10.5. The van der Waals surface area contributed by atoms with Crippen LogP contribution in [0.4, 0.5) is 5.82 Å². The van der Waals surface area contributed by atoms with Crippen molar-refractivity contribution in [2.75, 3.05) is 31.1 Å². The van der Waals surface area contributed by atoms with Gasteiger partial charge in [-0.25, -0.2) is 0 Å². The maximum Gasteiger partial charge on any atom is 0.318 e. The summed E-state index contributed by atoms with van der Waals surface area (Å²) in [4.78, 5) is 12.8. The third-order valence-electron chi connectivity index (χ3n) is 9.94. The Morgan fingerprint density at radius 3 is 2.65 bits per heavy atom. The van der Waals surface area contributed by atoms with Gasteiger partial charge in [-0.2, -0.15) is 9.97 Å². The minimum absolute atomic E-state index is 0.152. The number of nitrogens with zero attached hydrogens (tertiary/aromatic N) is 3. The van der Waals surface area contributed by atoms with E-state index in [4.69, 9.17) is 14.7 Å². The summed E-state index contributed by atoms with van der Waals surface area (Å²) in [6, 6.07) is 15.9. The monoisotopic (exact) mass is 495 g/mol. The van der Waals surface area contributed by atoms with Crippen LogP contribution in [0.3, 0.4) is 0 Å². The summed E-state index contributed by atoms with van der Waals surface area (Å²) in [7, 11) is 0. The van der Waals surface area contributed by atoms with Crippen LogP contribution in [-0.2, 0) is 24.7 Å². The van der Waals surface area contributed by atoms with Crippen molar-refractivity contribution in [2.24, 2.45) is 0 Å². The summed E-state index contributed by atoms with van der Waals surface area (Å²) in [5.74, 6) is 1.15. The Kier molecular flexibility index (Phi) is 5.23. The van der Waals surface area contributed by atoms with Crippen molar-refractivity contribution in [3.05, 3.63) is 58.8 Å². The topological polar surface area (TPSA) is 62.3 Å². The second kappa shape index (κ2) is 8.67. The summed E-state index contributed by atoms with van der Waals surface area (Å²) in [6.45, 7) is 3.83. The van der Waals surface area contributed by atoms with Gasteiger partial charge in [-0.05, 0) is 79.8 Å². The molecule has 2 aliphatic carbocycles. The third-order valence-corrected chi connectivity index (χ3v) is 9.94. The molecule has 2 bridgehead atoms. The van der Waals surface area contributed by atoms with Crippen molar-refractivity contribution in [1.29, 1.82) is 0 Å². The summed E-state index contributed by atoms with van der Waals surface area (Å²) >= 11 is 0. The number of fused-ring (bicyclic) bond motifs is 4. The zero-order valence-corrected chi connectivity index (χ0v) is 21.6. The second-order valence-electron chi connectivity index (χ2n) is 12.2. The first-order chi connectivity index (χ1) is 18.2. The standard InChI is InChI=1S/C31H37N5O/c1-4-20-6-2-8-26-28(20)21(5-1)11-13-31(26)14-12-25-27(16-31)34-30(37-19-24-7-3-15-32-24)35-29(25)36-17-22-9-10-23(18-36)33-22/h1-2,4-6,8,22-24,32-33H,3,7,9-19H2/t22-,23+,24-,31?/m0/s1. The molecule has 4 heterocycles. The molecule has 192 valence electrons. The zero-order valence-electron chi connectivity index (χ0n) is 21.6. The molecular weight excluding hydrogens is 458 g/mol. The first-order valence-electron chi connectivity index (χ1n) is 14.5. The van der Waals surface area contributed by atoms with Crippen molar-refractivity contribution in [3.63, 3.8) is 0 Å². The van der Waals surface area contributed by atoms with Gasteiger partial charge in [0.05, 0.1) is 5.69 Å². The van der Waals surface area contributed by atoms with Crippen molar-refractivity contribution in [2.45, 2.75) is 81.3 Å². The molecule has 3 saturated heterocycles. The van der Waals surface area contributed by atoms with E-state index in [1.54, 1.807) is 0 Å². The van der Waals surface area contributed by atoms with Gasteiger partial charge in [-0.15, -0.1) is 0 Å². The number of ether oxygens (including phenoxy) is 1. The Hall–Kier alpha value is -2.70. The minimum atomic E-state index is 0.152. The van der Waals surface area contributed by atoms with E-state index < -0.39 is 0 Å². The van der Waals surface area contributed by atoms with E-state index in [2.05, 4.69) is 51.9 Å². The Morgan fingerprint density at radius 2 is 1.81 bits per heavy atom. The lowest BCUT2D eigenvalue weighted by molar-refractivity contribution is 0.253. The molecule has 6 heteroatoms. The first-order valence-corrected chi connectivity index (χ1v) is 14.5. The fourth-order valence-corrected chi connectivity index (χ4v) is 8.06. The van der Waals surface area contributed by atoms with Crippen LogP contribution in [0, 0.1) is 0 Å². The Morgan fingerprint density at radius 1 is 0.973 bits per heavy atom. The van der Waals surface area contributed by atoms with Crippen LogP contribution in [0.1, 0.15) is 60.9 Å². The van der Waals surface area contributed by atoms with E-state index in [9.17, 15) is 0 Å². The zero-order chi connectivity index (χ0) is 24.4. The molecule has 0 saturated carbocycles. The van der Waals surface area contributed by atoms with Crippen LogP contribution < -0.4 is 20.3 Å². The lowest BCUT2D eigenvalue weighted by Crippen LogP contribution is -2.52. The molecule has 0 amide bonds. The number of aryl methyl sites for hydroxylation is 1. The minimum Gasteiger partial charge on any atom is -0.462 e. The van der Waals surface area contributed by atoms with E-state index >= 15 is 0 Å². The number of piperazine rings is 1. The number of nitrogens with one attached hydrogen (secondary N) is 2. The van der Waals surface area contributed by atoms with Crippen molar-refractivity contribution >= 4 is 16.6 Å². The smallest absolute Gasteiger partial charge is 0.318 e. The maximum atomic E-state index is 6.32. The van der Waals surface area contributed by atoms with Gasteiger partial charge in [0.15, 0.2) is 0 Å². The number of rotatable bonds is 4. The maximum absolute atomic E-state index is 6.32. The quantitative estimate of drug-likeness (QED) is 0.569. The highest BCUT2D eigenvalue weighted by molar-refractivity contribution is 5.90. The number of benzene rings is 2. The van der Waals surface area contributed by atoms with Gasteiger partial charge < -0.3 is 20.3 Å². The fourth-order valence-electron chi connectivity index (χ4n) is 8.06. The number of hydrogen-bond donors (Lipinski definition) is 2. The summed E-state index contributed by atoms with van der Waals surface area (Å²) in [5, 5.41) is 10.2. The van der Waals surface area contributed by atoms with Crippen molar-refractivity contribution in [3.8, 4) is 6.01 Å². The van der Waals surface area contributed by atoms with Crippen LogP contribution in [-0.4, -0.2) is 54.3 Å². The molecule has 2 N–H and O–H groups in total. The normalized spacial score (nSPS) is 30.2. The number of anilines is 1. The van der Waals surface area contributed by atoms with Gasteiger partial charge >= 0.3 is 6.01 Å². The summed E-state index contributed by atoms with van der Waals surface area (Å²) in [5.41, 5.74) is 5.81. The van der Waals surface area contributed by atoms with Crippen LogP contribution >= 0.6 is 0 Å². The largest absolute Gasteiger partial charge is 0.462 e. The number of aromatic nitrogens is 2. The lowest BCUT2D eigenvalue weighted by Gasteiger charge is -2.43. The highest BCUT2D eigenvalue weighted by Gasteiger charge is 2.42. The predicted molar refractivity (Wildman–Crippen MR) is 147 cm³/mol. The molecular formula is C31H37N5O. The van der Waals surface area contributed by atoms with E-state index in [1.807, 2.05) is 0 Å². The Labute approximate surface area is 219 Å². The molecule has 3 aromatic rings. The van der Waals surface area contributed by atoms with E-state index in [-0.39, 0.29) is 5.41 Å². The van der Waals surface area contributed by atoms with E-state index in [1.165, 1.54) is 71.7 Å². The molecule has 2 aromatic carbocycles. The van der Waals surface area contributed by atoms with Gasteiger partial charge in [0, 0.05) is 48.6 Å². The third kappa shape index (κ3) is 3.75. The molecule has 3 aliphatic heterocycles. The van der Waals surface area contributed by atoms with Gasteiger partial charge in [0.25, 0.3) is 0 Å². The van der Waals surface area contributed by atoms with Crippen LogP contribution in [0.15, 0.2) is 36.4 Å². The SMILES string of the molecule is c1cc2c3c(cccc3c1)C1(CCc3c(nc(OC[C@@H]4CCCN4)nc3N3C[C@H]4CC[C@@H](C3)N4)C1)CC2.